The number of aryl methyl sites for hydroxylation is 1. The van der Waals surface area contributed by atoms with Crippen molar-refractivity contribution in [3.05, 3.63) is 74.4 Å². The van der Waals surface area contributed by atoms with Gasteiger partial charge in [0.05, 0.1) is 40.3 Å². The Kier molecular flexibility index (Phi) is 10.6. The third kappa shape index (κ3) is 8.01. The van der Waals surface area contributed by atoms with Crippen molar-refractivity contribution in [3.8, 4) is 22.9 Å². The molecule has 0 unspecified atom stereocenters. The minimum absolute atomic E-state index is 0.0314. The predicted molar refractivity (Wildman–Crippen MR) is 209 cm³/mol. The molecule has 288 valence electrons. The molecule has 55 heavy (non-hydrogen) atoms. The van der Waals surface area contributed by atoms with Crippen molar-refractivity contribution in [1.29, 1.82) is 5.26 Å². The fourth-order valence-corrected chi connectivity index (χ4v) is 8.81. The highest BCUT2D eigenvalue weighted by atomic mass is 35.5. The number of thiophene rings is 1. The smallest absolute Gasteiger partial charge is 0.310 e. The van der Waals surface area contributed by atoms with Gasteiger partial charge in [-0.3, -0.25) is 24.0 Å². The summed E-state index contributed by atoms with van der Waals surface area (Å²) in [6.45, 7) is 8.84. The minimum atomic E-state index is -2.56. The first kappa shape index (κ1) is 38.6. The van der Waals surface area contributed by atoms with E-state index < -0.39 is 11.5 Å². The highest BCUT2D eigenvalue weighted by Crippen LogP contribution is 2.42. The van der Waals surface area contributed by atoms with E-state index in [2.05, 4.69) is 25.9 Å². The van der Waals surface area contributed by atoms with Gasteiger partial charge >= 0.3 is 5.97 Å². The summed E-state index contributed by atoms with van der Waals surface area (Å²) in [6.07, 6.45) is 4.59. The lowest BCUT2D eigenvalue weighted by Gasteiger charge is -2.46. The number of carbonyl (C=O) groups is 1. The van der Waals surface area contributed by atoms with Crippen molar-refractivity contribution in [2.75, 3.05) is 31.6 Å². The molecule has 1 aliphatic heterocycles. The van der Waals surface area contributed by atoms with Crippen LogP contribution in [0.2, 0.25) is 5.02 Å². The van der Waals surface area contributed by atoms with Crippen LogP contribution in [-0.2, 0) is 22.5 Å². The molecule has 0 N–H and O–H groups in total. The number of benzene rings is 1. The minimum Gasteiger partial charge on any atom is -0.491 e. The van der Waals surface area contributed by atoms with Crippen molar-refractivity contribution in [3.63, 3.8) is 0 Å². The van der Waals surface area contributed by atoms with Crippen molar-refractivity contribution in [2.45, 2.75) is 90.0 Å². The first-order valence-corrected chi connectivity index (χ1v) is 19.5. The van der Waals surface area contributed by atoms with Crippen LogP contribution in [0.4, 0.5) is 14.6 Å². The van der Waals surface area contributed by atoms with Gasteiger partial charge in [0.25, 0.3) is 11.5 Å². The molecule has 0 bridgehead atoms. The zero-order valence-electron chi connectivity index (χ0n) is 31.4. The van der Waals surface area contributed by atoms with Crippen LogP contribution >= 0.6 is 22.9 Å². The summed E-state index contributed by atoms with van der Waals surface area (Å²) in [5, 5.41) is 13.0. The summed E-state index contributed by atoms with van der Waals surface area (Å²) in [7, 11) is 1.86. The number of anilines is 1. The Morgan fingerprint density at radius 3 is 2.60 bits per heavy atom. The fraction of sp³-hybridized carbons (Fsp3) is 0.450. The number of hydrogen-bond donors (Lipinski definition) is 0. The first-order chi connectivity index (χ1) is 26.1. The molecule has 11 nitrogen and oxygen atoms in total. The van der Waals surface area contributed by atoms with E-state index >= 15 is 0 Å². The quantitative estimate of drug-likeness (QED) is 0.131. The molecular weight excluding hydrogens is 748 g/mol. The number of halogens is 3. The SMILES string of the molecule is Cc1nc2cnc(N(C)C3CCN(C4CC(F)(F)C4)CC3)c(C#N)c2c(=O)n1CCOc1ccc(Cl)cc1-c1ccnc2c(CC(=O)OC(C)(C)C)csc12. The largest absolute Gasteiger partial charge is 0.491 e. The molecule has 0 atom stereocenters. The van der Waals surface area contributed by atoms with Gasteiger partial charge in [-0.05, 0) is 70.2 Å². The summed E-state index contributed by atoms with van der Waals surface area (Å²) in [5.74, 6) is -1.51. The molecule has 1 aromatic carbocycles. The van der Waals surface area contributed by atoms with Crippen LogP contribution in [0, 0.1) is 18.3 Å². The standard InChI is InChI=1S/C40H42ClF2N7O4S/c1-23-47-31-21-46-37(48(5)26-9-12-49(13-10-26)27-18-40(42,43)19-27)30(20-44)34(31)38(52)50(23)14-15-53-32-7-6-25(41)17-29(32)28-8-11-45-35-24(22-55-36(28)35)16-33(51)54-39(2,3)4/h6-8,11,17,21-22,26-27H,9-10,12-16,18-19H2,1-5H3. The van der Waals surface area contributed by atoms with Gasteiger partial charge in [-0.1, -0.05) is 11.6 Å². The maximum atomic E-state index is 14.1. The van der Waals surface area contributed by atoms with Crippen LogP contribution < -0.4 is 15.2 Å². The number of nitriles is 1. The van der Waals surface area contributed by atoms with E-state index in [1.165, 1.54) is 22.1 Å². The number of aromatic nitrogens is 4. The number of pyridine rings is 2. The van der Waals surface area contributed by atoms with E-state index in [-0.39, 0.29) is 67.0 Å². The van der Waals surface area contributed by atoms with Gasteiger partial charge in [0.1, 0.15) is 41.2 Å². The molecular formula is C40H42ClF2N7O4S. The molecule has 1 saturated heterocycles. The normalized spacial score (nSPS) is 16.6. The molecule has 1 saturated carbocycles. The number of alkyl halides is 2. The number of fused-ring (bicyclic) bond motifs is 2. The van der Waals surface area contributed by atoms with Crippen LogP contribution in [0.5, 0.6) is 5.75 Å². The lowest BCUT2D eigenvalue weighted by Crippen LogP contribution is -2.55. The molecule has 1 aliphatic carbocycles. The Labute approximate surface area is 326 Å². The lowest BCUT2D eigenvalue weighted by atomic mass is 9.85. The molecule has 15 heteroatoms. The van der Waals surface area contributed by atoms with E-state index in [0.717, 1.165) is 34.2 Å². The van der Waals surface area contributed by atoms with Crippen molar-refractivity contribution in [2.24, 2.45) is 0 Å². The van der Waals surface area contributed by atoms with E-state index in [1.807, 2.05) is 50.2 Å². The van der Waals surface area contributed by atoms with E-state index in [1.54, 1.807) is 25.3 Å². The highest BCUT2D eigenvalue weighted by molar-refractivity contribution is 7.18. The van der Waals surface area contributed by atoms with Crippen LogP contribution in [0.1, 0.15) is 63.4 Å². The highest BCUT2D eigenvalue weighted by Gasteiger charge is 2.48. The Balaban J connectivity index is 1.10. The first-order valence-electron chi connectivity index (χ1n) is 18.3. The van der Waals surface area contributed by atoms with Gasteiger partial charge in [-0.25, -0.2) is 18.7 Å². The summed E-state index contributed by atoms with van der Waals surface area (Å²) in [6, 6.07) is 9.37. The fourth-order valence-electron chi connectivity index (χ4n) is 7.58. The lowest BCUT2D eigenvalue weighted by molar-refractivity contribution is -0.153. The Hall–Kier alpha value is -4.71. The average Bonchev–Trinajstić information content (AvgIpc) is 3.53. The van der Waals surface area contributed by atoms with Crippen molar-refractivity contribution in [1.82, 2.24) is 24.4 Å². The van der Waals surface area contributed by atoms with Crippen molar-refractivity contribution < 1.29 is 23.0 Å². The van der Waals surface area contributed by atoms with Gasteiger partial charge in [0.15, 0.2) is 0 Å². The van der Waals surface area contributed by atoms with E-state index in [4.69, 9.17) is 21.1 Å². The Morgan fingerprint density at radius 2 is 1.91 bits per heavy atom. The number of likely N-dealkylation sites (tertiary alicyclic amines) is 1. The van der Waals surface area contributed by atoms with Crippen LogP contribution in [0.3, 0.4) is 0 Å². The van der Waals surface area contributed by atoms with E-state index in [9.17, 15) is 23.6 Å². The zero-order valence-corrected chi connectivity index (χ0v) is 32.9. The molecule has 0 amide bonds. The van der Waals surface area contributed by atoms with Gasteiger partial charge in [-0.2, -0.15) is 5.26 Å². The molecule has 2 aliphatic rings. The maximum absolute atomic E-state index is 14.1. The molecule has 0 spiro atoms. The second kappa shape index (κ2) is 15.1. The topological polar surface area (TPSA) is 126 Å². The monoisotopic (exact) mass is 789 g/mol. The third-order valence-corrected chi connectivity index (χ3v) is 11.6. The average molecular weight is 790 g/mol. The summed E-state index contributed by atoms with van der Waals surface area (Å²) in [5.41, 5.74) is 2.54. The zero-order chi connectivity index (χ0) is 39.2. The molecule has 2 fully saturated rings. The summed E-state index contributed by atoms with van der Waals surface area (Å²) in [4.78, 5) is 44.6. The number of ether oxygens (including phenoxy) is 2. The Bertz CT molecular complexity index is 2370. The molecule has 4 aromatic heterocycles. The van der Waals surface area contributed by atoms with Crippen LogP contribution in [-0.4, -0.2) is 80.7 Å². The number of carbonyl (C=O) groups excluding carboxylic acids is 1. The number of rotatable bonds is 10. The Morgan fingerprint density at radius 1 is 1.16 bits per heavy atom. The molecule has 7 rings (SSSR count). The molecule has 5 aromatic rings. The van der Waals surface area contributed by atoms with Gasteiger partial charge < -0.3 is 14.4 Å². The van der Waals surface area contributed by atoms with Gasteiger partial charge in [-0.15, -0.1) is 11.3 Å². The molecule has 5 heterocycles. The van der Waals surface area contributed by atoms with Crippen LogP contribution in [0.15, 0.2) is 46.8 Å². The number of piperidine rings is 1. The molecule has 0 radical (unpaired) electrons. The third-order valence-electron chi connectivity index (χ3n) is 10.3. The summed E-state index contributed by atoms with van der Waals surface area (Å²) < 4.78 is 41.2. The van der Waals surface area contributed by atoms with Gasteiger partial charge in [0.2, 0.25) is 0 Å². The van der Waals surface area contributed by atoms with Gasteiger partial charge in [0, 0.05) is 73.0 Å². The number of hydrogen-bond acceptors (Lipinski definition) is 11. The number of nitrogens with zero attached hydrogens (tertiary/aromatic N) is 7. The van der Waals surface area contributed by atoms with Crippen molar-refractivity contribution >= 4 is 55.8 Å². The van der Waals surface area contributed by atoms with Crippen LogP contribution in [0.25, 0.3) is 32.2 Å². The second-order valence-corrected chi connectivity index (χ2v) is 16.6. The number of esters is 1. The second-order valence-electron chi connectivity index (χ2n) is 15.3. The predicted octanol–water partition coefficient (Wildman–Crippen LogP) is 7.56. The summed E-state index contributed by atoms with van der Waals surface area (Å²) >= 11 is 7.96. The maximum Gasteiger partial charge on any atom is 0.310 e. The van der Waals surface area contributed by atoms with E-state index in [0.29, 0.717) is 46.5 Å².